The molecule has 0 aromatic rings. The summed E-state index contributed by atoms with van der Waals surface area (Å²) in [5.74, 6) is 0.152. The number of unbranched alkanes of at least 4 members (excludes halogenated alkanes) is 12. The molecule has 8 heteroatoms. The SMILES string of the molecule is CCCCCCCCCCCCP(CCCC)(CCCC)(CCCC)OS(=O)(=O)CCC[Si](C)(C)O[Si](C)(C)C. The van der Waals surface area contributed by atoms with Crippen LogP contribution in [0.25, 0.3) is 0 Å². The summed E-state index contributed by atoms with van der Waals surface area (Å²) >= 11 is 0. The third-order valence-electron chi connectivity index (χ3n) is 8.39. The standard InChI is InChI=1S/C32H73O4PSSi2/c1-10-14-18-19-20-21-22-23-24-25-30-37(27-15-11-2,28-16-12-3,29-17-13-4)35-38(33,34)31-26-32-40(8,9)36-39(5,6)7/h10-32H2,1-9H3. The summed E-state index contributed by atoms with van der Waals surface area (Å²) in [6, 6.07) is 0.882. The average Bonchev–Trinajstić information content (AvgIpc) is 2.84. The zero-order valence-electron chi connectivity index (χ0n) is 28.8. The fourth-order valence-corrected chi connectivity index (χ4v) is 25.0. The molecule has 0 aromatic carbocycles. The van der Waals surface area contributed by atoms with Crippen molar-refractivity contribution in [1.82, 2.24) is 0 Å². The Balaban J connectivity index is 5.58. The van der Waals surface area contributed by atoms with Gasteiger partial charge in [-0.3, -0.25) is 0 Å². The van der Waals surface area contributed by atoms with Crippen molar-refractivity contribution in [3.63, 3.8) is 0 Å². The van der Waals surface area contributed by atoms with E-state index in [-0.39, 0.29) is 5.75 Å². The molecule has 0 unspecified atom stereocenters. The molecule has 244 valence electrons. The molecule has 0 saturated heterocycles. The fraction of sp³-hybridized carbons (Fsp3) is 1.00. The van der Waals surface area contributed by atoms with Crippen LogP contribution < -0.4 is 0 Å². The molecule has 0 aliphatic carbocycles. The van der Waals surface area contributed by atoms with Crippen LogP contribution in [0.3, 0.4) is 0 Å². The number of hydrogen-bond donors (Lipinski definition) is 0. The maximum absolute atomic E-state index is 13.8. The van der Waals surface area contributed by atoms with Crippen LogP contribution >= 0.6 is 6.83 Å². The third kappa shape index (κ3) is 19.1. The fourth-order valence-electron chi connectivity index (χ4n) is 6.41. The predicted molar refractivity (Wildman–Crippen MR) is 189 cm³/mol. The molecule has 0 aliphatic heterocycles. The summed E-state index contributed by atoms with van der Waals surface area (Å²) in [4.78, 5) is 0. The summed E-state index contributed by atoms with van der Waals surface area (Å²) < 4.78 is 40.9. The zero-order valence-corrected chi connectivity index (χ0v) is 32.5. The topological polar surface area (TPSA) is 52.6 Å². The molecule has 4 nitrogen and oxygen atoms in total. The molecule has 0 aliphatic rings. The van der Waals surface area contributed by atoms with Crippen LogP contribution in [0.1, 0.15) is 137 Å². The van der Waals surface area contributed by atoms with Crippen molar-refractivity contribution < 1.29 is 16.5 Å². The van der Waals surface area contributed by atoms with Gasteiger partial charge in [-0.2, -0.15) is 0 Å². The minimum atomic E-state index is -3.58. The van der Waals surface area contributed by atoms with E-state index in [1.807, 2.05) is 0 Å². The summed E-state index contributed by atoms with van der Waals surface area (Å²) in [5.41, 5.74) is 0. The zero-order chi connectivity index (χ0) is 30.6. The Kier molecular flexibility index (Phi) is 21.0. The van der Waals surface area contributed by atoms with Crippen molar-refractivity contribution in [2.75, 3.05) is 30.4 Å². The van der Waals surface area contributed by atoms with Crippen LogP contribution in [0.5, 0.6) is 0 Å². The van der Waals surface area contributed by atoms with E-state index >= 15 is 0 Å². The monoisotopic (exact) mass is 640 g/mol. The molecule has 0 heterocycles. The van der Waals surface area contributed by atoms with Gasteiger partial charge in [-0.05, 0) is 0 Å². The Morgan fingerprint density at radius 2 is 0.900 bits per heavy atom. The summed E-state index contributed by atoms with van der Waals surface area (Å²) in [7, 11) is -7.09. The molecule has 0 saturated carbocycles. The van der Waals surface area contributed by atoms with Gasteiger partial charge < -0.3 is 0 Å². The molecule has 0 fully saturated rings. The van der Waals surface area contributed by atoms with Crippen molar-refractivity contribution in [3.05, 3.63) is 0 Å². The van der Waals surface area contributed by atoms with Gasteiger partial charge >= 0.3 is 256 Å². The van der Waals surface area contributed by atoms with Crippen molar-refractivity contribution in [1.29, 1.82) is 0 Å². The van der Waals surface area contributed by atoms with Gasteiger partial charge in [-0.1, -0.05) is 0 Å². The molecule has 0 spiro atoms. The Bertz CT molecular complexity index is 713. The molecular formula is C32H73O4PSSi2. The van der Waals surface area contributed by atoms with Crippen molar-refractivity contribution in [2.24, 2.45) is 0 Å². The predicted octanol–water partition coefficient (Wildman–Crippen LogP) is 11.6. The summed E-state index contributed by atoms with van der Waals surface area (Å²) in [6.45, 7) is 17.3. The van der Waals surface area contributed by atoms with Gasteiger partial charge in [-0.25, -0.2) is 0 Å². The van der Waals surface area contributed by atoms with Crippen molar-refractivity contribution >= 4 is 33.6 Å². The Morgan fingerprint density at radius 1 is 0.525 bits per heavy atom. The first-order valence-corrected chi connectivity index (χ1v) is 28.3. The van der Waals surface area contributed by atoms with Gasteiger partial charge in [0.1, 0.15) is 0 Å². The third-order valence-corrected chi connectivity index (χ3v) is 23.8. The molecule has 0 N–H and O–H groups in total. The second-order valence-electron chi connectivity index (χ2n) is 14.4. The van der Waals surface area contributed by atoms with Crippen LogP contribution in [-0.2, 0) is 18.2 Å². The first kappa shape index (κ1) is 40.7. The van der Waals surface area contributed by atoms with Crippen LogP contribution in [0.4, 0.5) is 0 Å². The number of hydrogen-bond acceptors (Lipinski definition) is 4. The molecule has 40 heavy (non-hydrogen) atoms. The maximum atomic E-state index is 13.8. The van der Waals surface area contributed by atoms with E-state index in [1.54, 1.807) is 0 Å². The Labute approximate surface area is 255 Å². The van der Waals surface area contributed by atoms with Gasteiger partial charge in [-0.15, -0.1) is 0 Å². The van der Waals surface area contributed by atoms with E-state index in [2.05, 4.69) is 60.4 Å². The summed E-state index contributed by atoms with van der Waals surface area (Å²) in [6.07, 6.45) is 24.3. The van der Waals surface area contributed by atoms with E-state index in [0.29, 0.717) is 6.42 Å². The van der Waals surface area contributed by atoms with Crippen LogP contribution in [0.2, 0.25) is 38.8 Å². The van der Waals surface area contributed by atoms with Gasteiger partial charge in [0.15, 0.2) is 0 Å². The van der Waals surface area contributed by atoms with E-state index < -0.39 is 33.6 Å². The van der Waals surface area contributed by atoms with Crippen LogP contribution in [0, 0.1) is 0 Å². The van der Waals surface area contributed by atoms with Gasteiger partial charge in [0.2, 0.25) is 0 Å². The molecule has 0 radical (unpaired) electrons. The molecule has 0 atom stereocenters. The van der Waals surface area contributed by atoms with E-state index in [0.717, 1.165) is 75.6 Å². The summed E-state index contributed by atoms with van der Waals surface area (Å²) in [5, 5.41) is 0. The second-order valence-corrected chi connectivity index (χ2v) is 31.1. The first-order chi connectivity index (χ1) is 18.7. The molecule has 0 bridgehead atoms. The second kappa shape index (κ2) is 20.6. The van der Waals surface area contributed by atoms with Crippen LogP contribution in [-0.4, -0.2) is 55.5 Å². The van der Waals surface area contributed by atoms with Crippen molar-refractivity contribution in [2.45, 2.75) is 176 Å². The molecular weight excluding hydrogens is 568 g/mol. The van der Waals surface area contributed by atoms with Gasteiger partial charge in [0.05, 0.1) is 0 Å². The van der Waals surface area contributed by atoms with Crippen LogP contribution in [0.15, 0.2) is 0 Å². The van der Waals surface area contributed by atoms with E-state index in [4.69, 9.17) is 8.09 Å². The normalized spacial score (nSPS) is 14.4. The number of rotatable bonds is 28. The Morgan fingerprint density at radius 3 is 1.30 bits per heavy atom. The molecule has 0 amide bonds. The van der Waals surface area contributed by atoms with Gasteiger partial charge in [0, 0.05) is 0 Å². The molecule has 0 aromatic heterocycles. The minimum absolute atomic E-state index is 0.152. The first-order valence-electron chi connectivity index (χ1n) is 17.3. The quantitative estimate of drug-likeness (QED) is 0.0485. The van der Waals surface area contributed by atoms with Gasteiger partial charge in [0.25, 0.3) is 0 Å². The van der Waals surface area contributed by atoms with E-state index in [9.17, 15) is 8.42 Å². The van der Waals surface area contributed by atoms with Crippen molar-refractivity contribution in [3.8, 4) is 0 Å². The Hall–Kier alpha value is 0.734. The van der Waals surface area contributed by atoms with E-state index in [1.165, 1.54) is 57.8 Å². The molecule has 0 rings (SSSR count). The average molecular weight is 641 g/mol.